The minimum absolute atomic E-state index is 0.330. The van der Waals surface area contributed by atoms with Crippen LogP contribution >= 0.6 is 15.9 Å². The molecule has 0 unspecified atom stereocenters. The van der Waals surface area contributed by atoms with Crippen LogP contribution in [0.5, 0.6) is 0 Å². The normalized spacial score (nSPS) is 10.1. The monoisotopic (exact) mass is 313 g/mol. The molecule has 0 saturated heterocycles. The smallest absolute Gasteiger partial charge is 0.407 e. The number of hydrogen-bond acceptors (Lipinski definition) is 2. The zero-order valence-corrected chi connectivity index (χ0v) is 12.1. The van der Waals surface area contributed by atoms with Crippen molar-refractivity contribution in [2.24, 2.45) is 0 Å². The molecule has 1 N–H and O–H groups in total. The number of hydrogen-bond donors (Lipinski definition) is 1. The standard InChI is InChI=1S/C14H20BrNO2/c15-10-6-1-2-7-11-16-14(17)18-12-13-8-4-3-5-9-13/h3-5,8-9H,1-2,6-7,10-12H2,(H,16,17). The van der Waals surface area contributed by atoms with E-state index in [1.165, 1.54) is 12.8 Å². The number of alkyl halides is 1. The van der Waals surface area contributed by atoms with Crippen LogP contribution in [-0.2, 0) is 11.3 Å². The molecule has 0 bridgehead atoms. The number of nitrogens with one attached hydrogen (secondary N) is 1. The molecule has 0 spiro atoms. The van der Waals surface area contributed by atoms with E-state index in [9.17, 15) is 4.79 Å². The van der Waals surface area contributed by atoms with E-state index < -0.39 is 0 Å². The van der Waals surface area contributed by atoms with Crippen molar-refractivity contribution in [2.45, 2.75) is 32.3 Å². The second kappa shape index (κ2) is 9.95. The molecule has 3 nitrogen and oxygen atoms in total. The summed E-state index contributed by atoms with van der Waals surface area (Å²) < 4.78 is 5.10. The summed E-state index contributed by atoms with van der Waals surface area (Å²) in [6, 6.07) is 9.68. The topological polar surface area (TPSA) is 38.3 Å². The lowest BCUT2D eigenvalue weighted by Crippen LogP contribution is -2.25. The average molecular weight is 314 g/mol. The molecular formula is C14H20BrNO2. The number of carbonyl (C=O) groups is 1. The van der Waals surface area contributed by atoms with Gasteiger partial charge in [0.15, 0.2) is 0 Å². The van der Waals surface area contributed by atoms with Crippen LogP contribution in [0.1, 0.15) is 31.2 Å². The van der Waals surface area contributed by atoms with Gasteiger partial charge in [0, 0.05) is 11.9 Å². The highest BCUT2D eigenvalue weighted by atomic mass is 79.9. The minimum Gasteiger partial charge on any atom is -0.445 e. The Morgan fingerprint density at radius 1 is 1.11 bits per heavy atom. The van der Waals surface area contributed by atoms with Gasteiger partial charge >= 0.3 is 6.09 Å². The Bertz CT molecular complexity index is 330. The minimum atomic E-state index is -0.334. The molecule has 0 radical (unpaired) electrons. The number of halogens is 1. The van der Waals surface area contributed by atoms with Gasteiger partial charge in [-0.3, -0.25) is 0 Å². The first kappa shape index (κ1) is 15.0. The molecule has 4 heteroatoms. The van der Waals surface area contributed by atoms with Gasteiger partial charge in [-0.05, 0) is 18.4 Å². The van der Waals surface area contributed by atoms with Crippen molar-refractivity contribution in [2.75, 3.05) is 11.9 Å². The molecule has 0 atom stereocenters. The van der Waals surface area contributed by atoms with Gasteiger partial charge in [0.1, 0.15) is 6.61 Å². The summed E-state index contributed by atoms with van der Waals surface area (Å²) in [7, 11) is 0. The predicted molar refractivity (Wildman–Crippen MR) is 76.9 cm³/mol. The first-order valence-electron chi connectivity index (χ1n) is 6.33. The van der Waals surface area contributed by atoms with Gasteiger partial charge in [0.2, 0.25) is 0 Å². The van der Waals surface area contributed by atoms with Crippen LogP contribution in [0.3, 0.4) is 0 Å². The molecule has 0 aliphatic rings. The SMILES string of the molecule is O=C(NCCCCCCBr)OCc1ccccc1. The van der Waals surface area contributed by atoms with E-state index in [0.717, 1.165) is 23.7 Å². The van der Waals surface area contributed by atoms with E-state index in [1.807, 2.05) is 30.3 Å². The molecule has 0 heterocycles. The fraction of sp³-hybridized carbons (Fsp3) is 0.500. The number of benzene rings is 1. The number of amides is 1. The second-order valence-corrected chi connectivity index (χ2v) is 4.88. The van der Waals surface area contributed by atoms with Crippen LogP contribution in [0.25, 0.3) is 0 Å². The van der Waals surface area contributed by atoms with Gasteiger partial charge in [-0.25, -0.2) is 4.79 Å². The van der Waals surface area contributed by atoms with Gasteiger partial charge in [-0.15, -0.1) is 0 Å². The third-order valence-electron chi connectivity index (χ3n) is 2.54. The van der Waals surface area contributed by atoms with E-state index in [0.29, 0.717) is 13.2 Å². The summed E-state index contributed by atoms with van der Waals surface area (Å²) >= 11 is 3.39. The van der Waals surface area contributed by atoms with Gasteiger partial charge in [-0.2, -0.15) is 0 Å². The van der Waals surface area contributed by atoms with Crippen molar-refractivity contribution in [1.29, 1.82) is 0 Å². The molecule has 0 aromatic heterocycles. The lowest BCUT2D eigenvalue weighted by Gasteiger charge is -2.06. The molecule has 100 valence electrons. The van der Waals surface area contributed by atoms with E-state index in [1.54, 1.807) is 0 Å². The highest BCUT2D eigenvalue weighted by Gasteiger charge is 2.01. The Labute approximate surface area is 117 Å². The highest BCUT2D eigenvalue weighted by molar-refractivity contribution is 9.09. The molecule has 1 aromatic carbocycles. The van der Waals surface area contributed by atoms with Gasteiger partial charge in [0.05, 0.1) is 0 Å². The Balaban J connectivity index is 2.01. The summed E-state index contributed by atoms with van der Waals surface area (Å²) in [6.45, 7) is 1.02. The Kier molecular flexibility index (Phi) is 8.30. The summed E-state index contributed by atoms with van der Waals surface area (Å²) in [5, 5.41) is 3.81. The van der Waals surface area contributed by atoms with Crippen LogP contribution in [0.4, 0.5) is 4.79 Å². The quantitative estimate of drug-likeness (QED) is 0.584. The van der Waals surface area contributed by atoms with E-state index in [2.05, 4.69) is 21.2 Å². The van der Waals surface area contributed by atoms with Crippen LogP contribution < -0.4 is 5.32 Å². The van der Waals surface area contributed by atoms with Crippen LogP contribution in [-0.4, -0.2) is 18.0 Å². The molecule has 0 aliphatic carbocycles. The maximum absolute atomic E-state index is 11.4. The number of unbranched alkanes of at least 4 members (excludes halogenated alkanes) is 3. The zero-order chi connectivity index (χ0) is 13.1. The molecular weight excluding hydrogens is 294 g/mol. The number of rotatable bonds is 8. The first-order valence-corrected chi connectivity index (χ1v) is 7.45. The summed E-state index contributed by atoms with van der Waals surface area (Å²) in [6.07, 6.45) is 4.21. The highest BCUT2D eigenvalue weighted by Crippen LogP contribution is 2.02. The van der Waals surface area contributed by atoms with Crippen molar-refractivity contribution in [3.05, 3.63) is 35.9 Å². The zero-order valence-electron chi connectivity index (χ0n) is 10.5. The average Bonchev–Trinajstić information content (AvgIpc) is 2.41. The summed E-state index contributed by atoms with van der Waals surface area (Å²) in [5.41, 5.74) is 1.00. The van der Waals surface area contributed by atoms with Crippen molar-refractivity contribution in [3.63, 3.8) is 0 Å². The summed E-state index contributed by atoms with van der Waals surface area (Å²) in [5.74, 6) is 0. The van der Waals surface area contributed by atoms with Crippen molar-refractivity contribution < 1.29 is 9.53 Å². The Morgan fingerprint density at radius 2 is 1.83 bits per heavy atom. The van der Waals surface area contributed by atoms with Crippen LogP contribution in [0.15, 0.2) is 30.3 Å². The molecule has 18 heavy (non-hydrogen) atoms. The molecule has 1 aromatic rings. The third kappa shape index (κ3) is 7.33. The van der Waals surface area contributed by atoms with Crippen LogP contribution in [0, 0.1) is 0 Å². The Morgan fingerprint density at radius 3 is 2.56 bits per heavy atom. The molecule has 0 aliphatic heterocycles. The molecule has 0 saturated carbocycles. The van der Waals surface area contributed by atoms with Crippen molar-refractivity contribution in [1.82, 2.24) is 5.32 Å². The second-order valence-electron chi connectivity index (χ2n) is 4.09. The lowest BCUT2D eigenvalue weighted by molar-refractivity contribution is 0.139. The van der Waals surface area contributed by atoms with Crippen LogP contribution in [0.2, 0.25) is 0 Å². The number of carbonyl (C=O) groups excluding carboxylic acids is 1. The lowest BCUT2D eigenvalue weighted by atomic mass is 10.2. The largest absolute Gasteiger partial charge is 0.445 e. The molecule has 1 amide bonds. The fourth-order valence-electron chi connectivity index (χ4n) is 1.54. The number of ether oxygens (including phenoxy) is 1. The maximum Gasteiger partial charge on any atom is 0.407 e. The fourth-order valence-corrected chi connectivity index (χ4v) is 1.93. The first-order chi connectivity index (χ1) is 8.83. The maximum atomic E-state index is 11.4. The van der Waals surface area contributed by atoms with Gasteiger partial charge in [0.25, 0.3) is 0 Å². The van der Waals surface area contributed by atoms with E-state index >= 15 is 0 Å². The van der Waals surface area contributed by atoms with Crippen molar-refractivity contribution >= 4 is 22.0 Å². The van der Waals surface area contributed by atoms with Gasteiger partial charge in [-0.1, -0.05) is 59.1 Å². The predicted octanol–water partition coefficient (Wildman–Crippen LogP) is 3.87. The van der Waals surface area contributed by atoms with E-state index in [4.69, 9.17) is 4.74 Å². The third-order valence-corrected chi connectivity index (χ3v) is 3.10. The molecule has 1 rings (SSSR count). The Hall–Kier alpha value is -1.03. The van der Waals surface area contributed by atoms with Gasteiger partial charge < -0.3 is 10.1 Å². The van der Waals surface area contributed by atoms with Crippen molar-refractivity contribution in [3.8, 4) is 0 Å². The van der Waals surface area contributed by atoms with E-state index in [-0.39, 0.29) is 6.09 Å². The number of alkyl carbamates (subject to hydrolysis) is 1. The summed E-state index contributed by atoms with van der Waals surface area (Å²) in [4.78, 5) is 11.4. The molecule has 0 fully saturated rings.